The lowest BCUT2D eigenvalue weighted by molar-refractivity contribution is 0.180. The topological polar surface area (TPSA) is 26.3 Å². The van der Waals surface area contributed by atoms with Crippen LogP contribution >= 0.6 is 0 Å². The van der Waals surface area contributed by atoms with Crippen LogP contribution in [0.3, 0.4) is 0 Å². The molecule has 0 bridgehead atoms. The van der Waals surface area contributed by atoms with E-state index in [0.29, 0.717) is 12.1 Å². The van der Waals surface area contributed by atoms with Gasteiger partial charge in [0.2, 0.25) is 0 Å². The highest BCUT2D eigenvalue weighted by Gasteiger charge is 2.27. The van der Waals surface area contributed by atoms with Crippen LogP contribution in [0.5, 0.6) is 0 Å². The van der Waals surface area contributed by atoms with Gasteiger partial charge in [-0.2, -0.15) is 0 Å². The van der Waals surface area contributed by atoms with Crippen molar-refractivity contribution in [3.05, 3.63) is 0 Å². The zero-order valence-corrected chi connectivity index (χ0v) is 8.36. The van der Waals surface area contributed by atoms with Crippen molar-refractivity contribution in [3.63, 3.8) is 0 Å². The van der Waals surface area contributed by atoms with E-state index in [4.69, 9.17) is 0 Å². The molecular weight excluding hydrogens is 158 g/mol. The fourth-order valence-corrected chi connectivity index (χ4v) is 2.95. The van der Waals surface area contributed by atoms with Gasteiger partial charge in [0.15, 0.2) is 0 Å². The van der Waals surface area contributed by atoms with Gasteiger partial charge in [0.05, 0.1) is 6.04 Å². The third kappa shape index (κ3) is 2.36. The zero-order valence-electron chi connectivity index (χ0n) is 7.54. The highest BCUT2D eigenvalue weighted by atomic mass is 32.2. The zero-order chi connectivity index (χ0) is 8.43. The van der Waals surface area contributed by atoms with Crippen LogP contribution in [0.2, 0.25) is 0 Å². The average Bonchev–Trinajstić information content (AvgIpc) is 1.85. The second-order valence-electron chi connectivity index (χ2n) is 3.49. The normalized spacial score (nSPS) is 34.6. The minimum Gasteiger partial charge on any atom is -0.616 e. The van der Waals surface area contributed by atoms with E-state index in [1.54, 1.807) is 0 Å². The maximum atomic E-state index is 11.1. The Morgan fingerprint density at radius 2 is 2.18 bits per heavy atom. The molecule has 2 atom stereocenters. The SMILES string of the molecule is CC(C)N1CC[S+]([O-])CC1C. The summed E-state index contributed by atoms with van der Waals surface area (Å²) in [5, 5.41) is 0. The lowest BCUT2D eigenvalue weighted by atomic mass is 10.2. The number of rotatable bonds is 1. The van der Waals surface area contributed by atoms with Gasteiger partial charge in [0.1, 0.15) is 11.5 Å². The molecular formula is C8H17NOS. The van der Waals surface area contributed by atoms with Crippen molar-refractivity contribution in [1.29, 1.82) is 0 Å². The van der Waals surface area contributed by atoms with Crippen LogP contribution in [0.15, 0.2) is 0 Å². The van der Waals surface area contributed by atoms with Crippen molar-refractivity contribution in [2.24, 2.45) is 0 Å². The molecule has 66 valence electrons. The maximum Gasteiger partial charge on any atom is 0.120 e. The molecule has 0 aromatic carbocycles. The summed E-state index contributed by atoms with van der Waals surface area (Å²) >= 11 is -0.549. The molecule has 0 N–H and O–H groups in total. The summed E-state index contributed by atoms with van der Waals surface area (Å²) in [4.78, 5) is 2.42. The number of hydrogen-bond donors (Lipinski definition) is 0. The minimum absolute atomic E-state index is 0.504. The van der Waals surface area contributed by atoms with E-state index in [1.807, 2.05) is 0 Å². The van der Waals surface area contributed by atoms with Crippen molar-refractivity contribution in [1.82, 2.24) is 4.90 Å². The summed E-state index contributed by atoms with van der Waals surface area (Å²) in [5.41, 5.74) is 0. The third-order valence-electron chi connectivity index (χ3n) is 2.23. The second-order valence-corrected chi connectivity index (χ2v) is 5.11. The molecule has 1 fully saturated rings. The van der Waals surface area contributed by atoms with Crippen molar-refractivity contribution in [3.8, 4) is 0 Å². The Kier molecular flexibility index (Phi) is 3.22. The summed E-state index contributed by atoms with van der Waals surface area (Å²) in [5.74, 6) is 1.72. The predicted molar refractivity (Wildman–Crippen MR) is 49.2 cm³/mol. The molecule has 3 heteroatoms. The summed E-state index contributed by atoms with van der Waals surface area (Å²) in [6.07, 6.45) is 0. The van der Waals surface area contributed by atoms with E-state index >= 15 is 0 Å². The Balaban J connectivity index is 2.44. The summed E-state index contributed by atoms with van der Waals surface area (Å²) in [6, 6.07) is 1.10. The van der Waals surface area contributed by atoms with E-state index in [-0.39, 0.29) is 0 Å². The molecule has 0 saturated carbocycles. The number of nitrogens with zero attached hydrogens (tertiary/aromatic N) is 1. The van der Waals surface area contributed by atoms with Crippen molar-refractivity contribution < 1.29 is 4.55 Å². The van der Waals surface area contributed by atoms with Crippen LogP contribution in [0.25, 0.3) is 0 Å². The fraction of sp³-hybridized carbons (Fsp3) is 1.00. The molecule has 1 aliphatic heterocycles. The maximum absolute atomic E-state index is 11.1. The minimum atomic E-state index is -0.549. The predicted octanol–water partition coefficient (Wildman–Crippen LogP) is 0.848. The van der Waals surface area contributed by atoms with Crippen LogP contribution in [-0.2, 0) is 11.2 Å². The molecule has 2 nitrogen and oxygen atoms in total. The van der Waals surface area contributed by atoms with Crippen LogP contribution in [-0.4, -0.2) is 39.6 Å². The van der Waals surface area contributed by atoms with Gasteiger partial charge in [0.25, 0.3) is 0 Å². The largest absolute Gasteiger partial charge is 0.616 e. The van der Waals surface area contributed by atoms with Gasteiger partial charge in [-0.1, -0.05) is 11.2 Å². The molecule has 0 radical (unpaired) electrons. The van der Waals surface area contributed by atoms with Gasteiger partial charge in [-0.25, -0.2) is 0 Å². The highest BCUT2D eigenvalue weighted by Crippen LogP contribution is 2.13. The van der Waals surface area contributed by atoms with Crippen molar-refractivity contribution >= 4 is 11.2 Å². The molecule has 1 heterocycles. The quantitative estimate of drug-likeness (QED) is 0.552. The second kappa shape index (κ2) is 3.78. The number of hydrogen-bond acceptors (Lipinski definition) is 2. The van der Waals surface area contributed by atoms with Crippen molar-refractivity contribution in [2.45, 2.75) is 32.9 Å². The lowest BCUT2D eigenvalue weighted by Gasteiger charge is -2.36. The van der Waals surface area contributed by atoms with E-state index in [1.165, 1.54) is 0 Å². The fourth-order valence-electron chi connectivity index (χ4n) is 1.64. The van der Waals surface area contributed by atoms with Crippen LogP contribution < -0.4 is 0 Å². The molecule has 0 amide bonds. The van der Waals surface area contributed by atoms with E-state index in [2.05, 4.69) is 25.7 Å². The molecule has 1 rings (SSSR count). The van der Waals surface area contributed by atoms with Gasteiger partial charge in [-0.15, -0.1) is 0 Å². The molecule has 1 aliphatic rings. The molecule has 11 heavy (non-hydrogen) atoms. The van der Waals surface area contributed by atoms with Gasteiger partial charge in [0, 0.05) is 12.6 Å². The van der Waals surface area contributed by atoms with Crippen molar-refractivity contribution in [2.75, 3.05) is 18.1 Å². The van der Waals surface area contributed by atoms with Crippen LogP contribution in [0.1, 0.15) is 20.8 Å². The molecule has 0 aliphatic carbocycles. The smallest absolute Gasteiger partial charge is 0.120 e. The molecule has 0 aromatic heterocycles. The van der Waals surface area contributed by atoms with Gasteiger partial charge >= 0.3 is 0 Å². The Morgan fingerprint density at radius 3 is 2.64 bits per heavy atom. The molecule has 0 aromatic rings. The summed E-state index contributed by atoms with van der Waals surface area (Å²) < 4.78 is 11.1. The van der Waals surface area contributed by atoms with Gasteiger partial charge in [-0.3, -0.25) is 4.90 Å². The molecule has 2 unspecified atom stereocenters. The van der Waals surface area contributed by atoms with E-state index in [0.717, 1.165) is 18.1 Å². The Morgan fingerprint density at radius 1 is 1.55 bits per heavy atom. The summed E-state index contributed by atoms with van der Waals surface area (Å²) in [6.45, 7) is 7.57. The monoisotopic (exact) mass is 175 g/mol. The molecule has 1 saturated heterocycles. The van der Waals surface area contributed by atoms with Crippen LogP contribution in [0, 0.1) is 0 Å². The van der Waals surface area contributed by atoms with Gasteiger partial charge < -0.3 is 4.55 Å². The van der Waals surface area contributed by atoms with E-state index < -0.39 is 11.2 Å². The molecule has 0 spiro atoms. The first kappa shape index (κ1) is 9.36. The highest BCUT2D eigenvalue weighted by molar-refractivity contribution is 7.91. The van der Waals surface area contributed by atoms with E-state index in [9.17, 15) is 4.55 Å². The first-order chi connectivity index (χ1) is 5.11. The third-order valence-corrected chi connectivity index (χ3v) is 3.73. The Bertz CT molecular complexity index is 129. The summed E-state index contributed by atoms with van der Waals surface area (Å²) in [7, 11) is 0. The van der Waals surface area contributed by atoms with Gasteiger partial charge in [-0.05, 0) is 20.8 Å². The first-order valence-electron chi connectivity index (χ1n) is 4.22. The first-order valence-corrected chi connectivity index (χ1v) is 5.70. The Labute approximate surface area is 72.1 Å². The Hall–Kier alpha value is 0.270. The standard InChI is InChI=1S/C8H17NOS/c1-7(2)9-4-5-11(10)6-8(9)3/h7-8H,4-6H2,1-3H3. The lowest BCUT2D eigenvalue weighted by Crippen LogP contribution is -2.49. The average molecular weight is 175 g/mol. The van der Waals surface area contributed by atoms with Crippen LogP contribution in [0.4, 0.5) is 0 Å².